The summed E-state index contributed by atoms with van der Waals surface area (Å²) in [5.74, 6) is 0.198. The van der Waals surface area contributed by atoms with Gasteiger partial charge in [0.1, 0.15) is 0 Å². The van der Waals surface area contributed by atoms with Gasteiger partial charge in [0.15, 0.2) is 9.84 Å². The van der Waals surface area contributed by atoms with E-state index in [1.54, 1.807) is 12.1 Å². The summed E-state index contributed by atoms with van der Waals surface area (Å²) in [6.07, 6.45) is 0. The molecule has 1 aromatic rings. The first-order valence-electron chi connectivity index (χ1n) is 4.96. The average Bonchev–Trinajstić information content (AvgIpc) is 2.22. The molecule has 0 unspecified atom stereocenters. The summed E-state index contributed by atoms with van der Waals surface area (Å²) in [6, 6.07) is 7.09. The van der Waals surface area contributed by atoms with Crippen molar-refractivity contribution in [1.29, 1.82) is 0 Å². The minimum atomic E-state index is -3.15. The summed E-state index contributed by atoms with van der Waals surface area (Å²) in [7, 11) is -3.15. The van der Waals surface area contributed by atoms with Crippen LogP contribution in [0.25, 0.3) is 0 Å². The average molecular weight is 225 g/mol. The zero-order valence-electron chi connectivity index (χ0n) is 8.95. The maximum absolute atomic E-state index is 12.1. The molecule has 0 saturated heterocycles. The van der Waals surface area contributed by atoms with Gasteiger partial charge in [0.25, 0.3) is 0 Å². The highest BCUT2D eigenvalue weighted by Gasteiger charge is 2.32. The first kappa shape index (κ1) is 10.5. The monoisotopic (exact) mass is 225 g/mol. The van der Waals surface area contributed by atoms with Crippen molar-refractivity contribution < 1.29 is 8.42 Å². The SMILES string of the molecule is CC1(C)CNc2ccccc2S(=O)(=O)C1. The molecule has 4 heteroatoms. The quantitative estimate of drug-likeness (QED) is 0.733. The number of hydrogen-bond donors (Lipinski definition) is 1. The van der Waals surface area contributed by atoms with E-state index in [0.717, 1.165) is 5.69 Å². The summed E-state index contributed by atoms with van der Waals surface area (Å²) >= 11 is 0. The number of fused-ring (bicyclic) bond motifs is 1. The fraction of sp³-hybridized carbons (Fsp3) is 0.455. The van der Waals surface area contributed by atoms with Crippen LogP contribution in [0.5, 0.6) is 0 Å². The third-order valence-electron chi connectivity index (χ3n) is 2.56. The molecule has 3 nitrogen and oxygen atoms in total. The van der Waals surface area contributed by atoms with Crippen molar-refractivity contribution in [3.8, 4) is 0 Å². The number of anilines is 1. The molecule has 1 aromatic carbocycles. The van der Waals surface area contributed by atoms with Gasteiger partial charge >= 0.3 is 0 Å². The van der Waals surface area contributed by atoms with Crippen LogP contribution >= 0.6 is 0 Å². The van der Waals surface area contributed by atoms with E-state index in [-0.39, 0.29) is 11.2 Å². The van der Waals surface area contributed by atoms with Crippen molar-refractivity contribution in [2.24, 2.45) is 5.41 Å². The highest BCUT2D eigenvalue weighted by molar-refractivity contribution is 7.91. The summed E-state index contributed by atoms with van der Waals surface area (Å²) in [6.45, 7) is 4.61. The normalized spacial score (nSPS) is 22.3. The number of nitrogens with one attached hydrogen (secondary N) is 1. The van der Waals surface area contributed by atoms with Crippen LogP contribution in [0.1, 0.15) is 13.8 Å². The predicted octanol–water partition coefficient (Wildman–Crippen LogP) is 1.91. The van der Waals surface area contributed by atoms with E-state index in [2.05, 4.69) is 5.32 Å². The zero-order chi connectivity index (χ0) is 11.1. The van der Waals surface area contributed by atoms with Crippen molar-refractivity contribution >= 4 is 15.5 Å². The van der Waals surface area contributed by atoms with Gasteiger partial charge < -0.3 is 5.32 Å². The van der Waals surface area contributed by atoms with Crippen LogP contribution in [0.3, 0.4) is 0 Å². The Morgan fingerprint density at radius 3 is 2.67 bits per heavy atom. The highest BCUT2D eigenvalue weighted by Crippen LogP contribution is 2.31. The summed E-state index contributed by atoms with van der Waals surface area (Å²) in [5, 5.41) is 3.19. The highest BCUT2D eigenvalue weighted by atomic mass is 32.2. The topological polar surface area (TPSA) is 46.2 Å². The van der Waals surface area contributed by atoms with Gasteiger partial charge in [0, 0.05) is 6.54 Å². The maximum atomic E-state index is 12.1. The molecular weight excluding hydrogens is 210 g/mol. The summed E-state index contributed by atoms with van der Waals surface area (Å²) < 4.78 is 24.1. The van der Waals surface area contributed by atoms with Crippen molar-refractivity contribution in [2.45, 2.75) is 18.7 Å². The molecule has 0 bridgehead atoms. The Labute approximate surface area is 90.4 Å². The lowest BCUT2D eigenvalue weighted by atomic mass is 9.96. The lowest BCUT2D eigenvalue weighted by Gasteiger charge is -2.20. The van der Waals surface area contributed by atoms with Crippen molar-refractivity contribution in [3.63, 3.8) is 0 Å². The molecule has 1 aliphatic heterocycles. The molecule has 0 spiro atoms. The Hall–Kier alpha value is -1.03. The molecule has 0 fully saturated rings. The van der Waals surface area contributed by atoms with E-state index in [4.69, 9.17) is 0 Å². The molecule has 0 aromatic heterocycles. The molecule has 1 heterocycles. The number of hydrogen-bond acceptors (Lipinski definition) is 3. The van der Waals surface area contributed by atoms with E-state index in [9.17, 15) is 8.42 Å². The van der Waals surface area contributed by atoms with Gasteiger partial charge in [-0.15, -0.1) is 0 Å². The molecule has 82 valence electrons. The van der Waals surface area contributed by atoms with E-state index >= 15 is 0 Å². The third-order valence-corrected chi connectivity index (χ3v) is 4.75. The van der Waals surface area contributed by atoms with Crippen LogP contribution in [0, 0.1) is 5.41 Å². The van der Waals surface area contributed by atoms with Crippen LogP contribution in [0.4, 0.5) is 5.69 Å². The van der Waals surface area contributed by atoms with Crippen LogP contribution in [-0.2, 0) is 9.84 Å². The fourth-order valence-electron chi connectivity index (χ4n) is 1.86. The first-order valence-corrected chi connectivity index (χ1v) is 6.62. The largest absolute Gasteiger partial charge is 0.383 e. The molecule has 0 amide bonds. The lowest BCUT2D eigenvalue weighted by molar-refractivity contribution is 0.442. The molecular formula is C11H15NO2S. The van der Waals surface area contributed by atoms with Gasteiger partial charge in [-0.05, 0) is 17.5 Å². The number of para-hydroxylation sites is 1. The number of rotatable bonds is 0. The fourth-order valence-corrected chi connectivity index (χ4v) is 3.91. The predicted molar refractivity (Wildman–Crippen MR) is 60.8 cm³/mol. The van der Waals surface area contributed by atoms with Crippen molar-refractivity contribution in [3.05, 3.63) is 24.3 Å². The van der Waals surface area contributed by atoms with Crippen molar-refractivity contribution in [2.75, 3.05) is 17.6 Å². The molecule has 0 radical (unpaired) electrons. The minimum Gasteiger partial charge on any atom is -0.383 e. The van der Waals surface area contributed by atoms with E-state index in [1.165, 1.54) is 0 Å². The smallest absolute Gasteiger partial charge is 0.181 e. The van der Waals surface area contributed by atoms with Crippen LogP contribution in [-0.4, -0.2) is 20.7 Å². The zero-order valence-corrected chi connectivity index (χ0v) is 9.76. The lowest BCUT2D eigenvalue weighted by Crippen LogP contribution is -2.28. The van der Waals surface area contributed by atoms with Gasteiger partial charge in [0.05, 0.1) is 16.3 Å². The Kier molecular flexibility index (Phi) is 2.26. The molecule has 2 rings (SSSR count). The van der Waals surface area contributed by atoms with Gasteiger partial charge in [-0.1, -0.05) is 26.0 Å². The Morgan fingerprint density at radius 1 is 1.27 bits per heavy atom. The maximum Gasteiger partial charge on any atom is 0.181 e. The minimum absolute atomic E-state index is 0.198. The molecule has 0 atom stereocenters. The van der Waals surface area contributed by atoms with Gasteiger partial charge in [-0.2, -0.15) is 0 Å². The molecule has 1 N–H and O–H groups in total. The number of sulfone groups is 1. The summed E-state index contributed by atoms with van der Waals surface area (Å²) in [5.41, 5.74) is 0.501. The Balaban J connectivity index is 2.58. The van der Waals surface area contributed by atoms with E-state index < -0.39 is 9.84 Å². The molecule has 1 aliphatic rings. The van der Waals surface area contributed by atoms with Gasteiger partial charge in [-0.25, -0.2) is 8.42 Å². The molecule has 0 aliphatic carbocycles. The van der Waals surface area contributed by atoms with Gasteiger partial charge in [0.2, 0.25) is 0 Å². The van der Waals surface area contributed by atoms with Crippen molar-refractivity contribution in [1.82, 2.24) is 0 Å². The Morgan fingerprint density at radius 2 is 1.93 bits per heavy atom. The standard InChI is InChI=1S/C11H15NO2S/c1-11(2)7-12-9-5-3-4-6-10(9)15(13,14)8-11/h3-6,12H,7-8H2,1-2H3. The second-order valence-electron chi connectivity index (χ2n) is 4.77. The summed E-state index contributed by atoms with van der Waals surface area (Å²) in [4.78, 5) is 0.426. The third kappa shape index (κ3) is 2.00. The van der Waals surface area contributed by atoms with Gasteiger partial charge in [-0.3, -0.25) is 0 Å². The second-order valence-corrected chi connectivity index (χ2v) is 6.73. The second kappa shape index (κ2) is 3.23. The van der Waals surface area contributed by atoms with E-state index in [1.807, 2.05) is 26.0 Å². The Bertz CT molecular complexity index is 477. The molecule has 0 saturated carbocycles. The molecule has 15 heavy (non-hydrogen) atoms. The van der Waals surface area contributed by atoms with Crippen LogP contribution < -0.4 is 5.32 Å². The van der Waals surface area contributed by atoms with E-state index in [0.29, 0.717) is 11.4 Å². The number of benzene rings is 1. The van der Waals surface area contributed by atoms with Crippen LogP contribution in [0.2, 0.25) is 0 Å². The van der Waals surface area contributed by atoms with Crippen LogP contribution in [0.15, 0.2) is 29.2 Å². The first-order chi connectivity index (χ1) is 6.91.